The van der Waals surface area contributed by atoms with Gasteiger partial charge in [0.05, 0.1) is 12.1 Å². The van der Waals surface area contributed by atoms with E-state index >= 15 is 0 Å². The zero-order valence-electron chi connectivity index (χ0n) is 11.6. The number of carbonyl (C=O) groups excluding carboxylic acids is 1. The van der Waals surface area contributed by atoms with Crippen molar-refractivity contribution in [2.75, 3.05) is 25.1 Å². The van der Waals surface area contributed by atoms with E-state index in [0.717, 1.165) is 12.1 Å². The highest BCUT2D eigenvalue weighted by Crippen LogP contribution is 2.22. The fourth-order valence-corrected chi connectivity index (χ4v) is 2.16. The predicted octanol–water partition coefficient (Wildman–Crippen LogP) is 2.31. The van der Waals surface area contributed by atoms with Crippen molar-refractivity contribution in [3.63, 3.8) is 0 Å². The van der Waals surface area contributed by atoms with Crippen molar-refractivity contribution in [2.45, 2.75) is 25.8 Å². The Bertz CT molecular complexity index is 491. The van der Waals surface area contributed by atoms with Crippen LogP contribution in [0.5, 0.6) is 0 Å². The molecule has 0 aromatic heterocycles. The molecule has 0 aliphatic carbocycles. The third-order valence-electron chi connectivity index (χ3n) is 3.29. The second kappa shape index (κ2) is 5.75. The van der Waals surface area contributed by atoms with Crippen molar-refractivity contribution in [3.05, 3.63) is 29.3 Å². The van der Waals surface area contributed by atoms with Gasteiger partial charge in [-0.1, -0.05) is 0 Å². The number of hydrogen-bond acceptors (Lipinski definition) is 3. The molecule has 0 bridgehead atoms. The molecule has 1 heterocycles. The number of halogens is 2. The molecule has 1 aromatic carbocycles. The zero-order chi connectivity index (χ0) is 14.8. The topological polar surface area (TPSA) is 50.4 Å². The first kappa shape index (κ1) is 14.7. The van der Waals surface area contributed by atoms with Crippen LogP contribution in [0.3, 0.4) is 0 Å². The molecule has 0 radical (unpaired) electrons. The summed E-state index contributed by atoms with van der Waals surface area (Å²) in [6, 6.07) is 2.07. The van der Waals surface area contributed by atoms with Gasteiger partial charge in [0, 0.05) is 18.7 Å². The number of anilines is 1. The van der Waals surface area contributed by atoms with E-state index in [1.54, 1.807) is 6.92 Å². The molecule has 1 amide bonds. The Labute approximate surface area is 116 Å². The van der Waals surface area contributed by atoms with Gasteiger partial charge >= 0.3 is 0 Å². The van der Waals surface area contributed by atoms with Gasteiger partial charge < -0.3 is 15.4 Å². The molecule has 1 aliphatic rings. The van der Waals surface area contributed by atoms with Crippen molar-refractivity contribution < 1.29 is 18.3 Å². The van der Waals surface area contributed by atoms with Gasteiger partial charge in [-0.15, -0.1) is 0 Å². The third kappa shape index (κ3) is 3.07. The highest BCUT2D eigenvalue weighted by molar-refractivity contribution is 5.95. The van der Waals surface area contributed by atoms with E-state index < -0.39 is 23.1 Å². The van der Waals surface area contributed by atoms with Crippen LogP contribution in [0.2, 0.25) is 0 Å². The minimum atomic E-state index is -0.773. The Morgan fingerprint density at radius 1 is 1.40 bits per heavy atom. The lowest BCUT2D eigenvalue weighted by Crippen LogP contribution is -2.46. The van der Waals surface area contributed by atoms with Crippen LogP contribution in [0, 0.1) is 11.6 Å². The predicted molar refractivity (Wildman–Crippen MR) is 71.8 cm³/mol. The molecular weight excluding hydrogens is 266 g/mol. The minimum Gasteiger partial charge on any atom is -0.381 e. The molecule has 1 atom stereocenters. The number of benzene rings is 1. The molecule has 0 saturated carbocycles. The molecule has 1 saturated heterocycles. The van der Waals surface area contributed by atoms with Gasteiger partial charge in [0.1, 0.15) is 17.3 Å². The molecule has 4 nitrogen and oxygen atoms in total. The van der Waals surface area contributed by atoms with Gasteiger partial charge in [-0.3, -0.25) is 4.79 Å². The molecule has 110 valence electrons. The van der Waals surface area contributed by atoms with E-state index in [-0.39, 0.29) is 11.3 Å². The van der Waals surface area contributed by atoms with Gasteiger partial charge in [0.15, 0.2) is 0 Å². The summed E-state index contributed by atoms with van der Waals surface area (Å²) in [5.41, 5.74) is -0.723. The van der Waals surface area contributed by atoms with E-state index in [1.165, 1.54) is 0 Å². The normalized spacial score (nSPS) is 21.8. The van der Waals surface area contributed by atoms with E-state index in [0.29, 0.717) is 26.2 Å². The summed E-state index contributed by atoms with van der Waals surface area (Å²) < 4.78 is 32.7. The van der Waals surface area contributed by atoms with Crippen molar-refractivity contribution >= 4 is 11.6 Å². The molecule has 2 rings (SSSR count). The standard InChI is InChI=1S/C14H18F2N2O2/c1-3-17-12-10(15)6-9(7-11(12)16)13(19)18-14(2)4-5-20-8-14/h6-7,17H,3-5,8H2,1-2H3,(H,18,19). The van der Waals surface area contributed by atoms with Crippen LogP contribution in [0.25, 0.3) is 0 Å². The highest BCUT2D eigenvalue weighted by atomic mass is 19.1. The summed E-state index contributed by atoms with van der Waals surface area (Å²) in [7, 11) is 0. The summed E-state index contributed by atoms with van der Waals surface area (Å²) in [4.78, 5) is 12.1. The quantitative estimate of drug-likeness (QED) is 0.892. The molecule has 1 aromatic rings. The number of nitrogens with one attached hydrogen (secondary N) is 2. The molecule has 0 spiro atoms. The van der Waals surface area contributed by atoms with Crippen LogP contribution in [-0.4, -0.2) is 31.2 Å². The average Bonchev–Trinajstić information content (AvgIpc) is 2.80. The molecule has 1 unspecified atom stereocenters. The molecule has 1 aliphatic heterocycles. The van der Waals surface area contributed by atoms with Crippen LogP contribution in [-0.2, 0) is 4.74 Å². The largest absolute Gasteiger partial charge is 0.381 e. The van der Waals surface area contributed by atoms with Gasteiger partial charge in [0.2, 0.25) is 0 Å². The Hall–Kier alpha value is -1.69. The number of rotatable bonds is 4. The summed E-state index contributed by atoms with van der Waals surface area (Å²) in [6.07, 6.45) is 0.680. The summed E-state index contributed by atoms with van der Waals surface area (Å²) in [6.45, 7) is 4.95. The number of hydrogen-bond donors (Lipinski definition) is 2. The second-order valence-electron chi connectivity index (χ2n) is 5.16. The van der Waals surface area contributed by atoms with Crippen LogP contribution in [0.4, 0.5) is 14.5 Å². The lowest BCUT2D eigenvalue weighted by atomic mass is 10.0. The first-order valence-electron chi connectivity index (χ1n) is 6.58. The molecule has 2 N–H and O–H groups in total. The smallest absolute Gasteiger partial charge is 0.251 e. The third-order valence-corrected chi connectivity index (χ3v) is 3.29. The monoisotopic (exact) mass is 284 g/mol. The molecule has 6 heteroatoms. The lowest BCUT2D eigenvalue weighted by Gasteiger charge is -2.23. The van der Waals surface area contributed by atoms with Crippen LogP contribution in [0.15, 0.2) is 12.1 Å². The molecule has 20 heavy (non-hydrogen) atoms. The summed E-state index contributed by atoms with van der Waals surface area (Å²) in [5, 5.41) is 5.35. The van der Waals surface area contributed by atoms with Gasteiger partial charge in [-0.2, -0.15) is 0 Å². The Morgan fingerprint density at radius 2 is 2.05 bits per heavy atom. The Balaban J connectivity index is 2.18. The van der Waals surface area contributed by atoms with Crippen molar-refractivity contribution in [3.8, 4) is 0 Å². The average molecular weight is 284 g/mol. The highest BCUT2D eigenvalue weighted by Gasteiger charge is 2.31. The second-order valence-corrected chi connectivity index (χ2v) is 5.16. The van der Waals surface area contributed by atoms with Crippen molar-refractivity contribution in [1.29, 1.82) is 0 Å². The Morgan fingerprint density at radius 3 is 2.55 bits per heavy atom. The summed E-state index contributed by atoms with van der Waals surface area (Å²) >= 11 is 0. The van der Waals surface area contributed by atoms with Crippen molar-refractivity contribution in [1.82, 2.24) is 5.32 Å². The first-order chi connectivity index (χ1) is 9.45. The van der Waals surface area contributed by atoms with Gasteiger partial charge in [-0.25, -0.2) is 8.78 Å². The SMILES string of the molecule is CCNc1c(F)cc(C(=O)NC2(C)CCOC2)cc1F. The van der Waals surface area contributed by atoms with Crippen molar-refractivity contribution in [2.24, 2.45) is 0 Å². The van der Waals surface area contributed by atoms with Crippen LogP contribution in [0.1, 0.15) is 30.6 Å². The van der Waals surface area contributed by atoms with E-state index in [2.05, 4.69) is 10.6 Å². The maximum absolute atomic E-state index is 13.8. The fraction of sp³-hybridized carbons (Fsp3) is 0.500. The number of carbonyl (C=O) groups is 1. The van der Waals surface area contributed by atoms with Gasteiger partial charge in [-0.05, 0) is 32.4 Å². The maximum atomic E-state index is 13.8. The van der Waals surface area contributed by atoms with E-state index in [1.807, 2.05) is 6.92 Å². The molecular formula is C14H18F2N2O2. The zero-order valence-corrected chi connectivity index (χ0v) is 11.6. The van der Waals surface area contributed by atoms with Crippen LogP contribution >= 0.6 is 0 Å². The first-order valence-corrected chi connectivity index (χ1v) is 6.58. The lowest BCUT2D eigenvalue weighted by molar-refractivity contribution is 0.0889. The van der Waals surface area contributed by atoms with Gasteiger partial charge in [0.25, 0.3) is 5.91 Å². The maximum Gasteiger partial charge on any atom is 0.251 e. The Kier molecular flexibility index (Phi) is 4.23. The number of amides is 1. The fourth-order valence-electron chi connectivity index (χ4n) is 2.16. The van der Waals surface area contributed by atoms with E-state index in [9.17, 15) is 13.6 Å². The summed E-state index contributed by atoms with van der Waals surface area (Å²) in [5.74, 6) is -2.05. The van der Waals surface area contributed by atoms with E-state index in [4.69, 9.17) is 4.74 Å². The van der Waals surface area contributed by atoms with Crippen LogP contribution < -0.4 is 10.6 Å². The number of ether oxygens (including phenoxy) is 1. The minimum absolute atomic E-state index is 0.0326. The molecule has 1 fully saturated rings.